The van der Waals surface area contributed by atoms with Gasteiger partial charge in [0.2, 0.25) is 11.6 Å². The van der Waals surface area contributed by atoms with Crippen molar-refractivity contribution >= 4 is 29.3 Å². The Kier molecular flexibility index (Phi) is 4.18. The summed E-state index contributed by atoms with van der Waals surface area (Å²) in [7, 11) is 0. The lowest BCUT2D eigenvalue weighted by atomic mass is 10.0. The highest BCUT2D eigenvalue weighted by atomic mass is 32.2. The van der Waals surface area contributed by atoms with E-state index in [1.54, 1.807) is 0 Å². The van der Waals surface area contributed by atoms with Gasteiger partial charge in [-0.2, -0.15) is 0 Å². The number of thioether (sulfide) groups is 1. The topological polar surface area (TPSA) is 116 Å². The SMILES string of the molecule is NC1C(=O)N2CC(F)(C(=O)OCc3ccc([N+](=O)[O-])cc3)CS[C@H]12. The number of rotatable bonds is 4. The molecule has 2 N–H and O–H groups in total. The number of esters is 1. The number of carbonyl (C=O) groups is 2. The number of hydrogen-bond acceptors (Lipinski definition) is 7. The molecule has 0 spiro atoms. The minimum absolute atomic E-state index is 0.0885. The second-order valence-electron chi connectivity index (χ2n) is 5.66. The molecule has 0 bridgehead atoms. The van der Waals surface area contributed by atoms with Gasteiger partial charge in [0.15, 0.2) is 0 Å². The van der Waals surface area contributed by atoms with Crippen LogP contribution in [0.25, 0.3) is 0 Å². The lowest BCUT2D eigenvalue weighted by molar-refractivity contribution is -0.384. The predicted octanol–water partition coefficient (Wildman–Crippen LogP) is 0.589. The van der Waals surface area contributed by atoms with Gasteiger partial charge in [-0.25, -0.2) is 9.18 Å². The Hall–Kier alpha value is -2.20. The second-order valence-corrected chi connectivity index (χ2v) is 6.76. The van der Waals surface area contributed by atoms with E-state index in [0.29, 0.717) is 5.56 Å². The second kappa shape index (κ2) is 6.02. The Morgan fingerprint density at radius 2 is 2.17 bits per heavy atom. The molecule has 1 amide bonds. The number of fused-ring (bicyclic) bond motifs is 1. The highest BCUT2D eigenvalue weighted by molar-refractivity contribution is 8.00. The molecular formula is C14H14FN3O5S. The maximum Gasteiger partial charge on any atom is 0.347 e. The fourth-order valence-corrected chi connectivity index (χ4v) is 3.89. The smallest absolute Gasteiger partial charge is 0.347 e. The van der Waals surface area contributed by atoms with Crippen LogP contribution in [0.3, 0.4) is 0 Å². The first-order valence-corrected chi connectivity index (χ1v) is 8.14. The molecule has 1 aromatic rings. The van der Waals surface area contributed by atoms with Crippen LogP contribution in [0.4, 0.5) is 10.1 Å². The quantitative estimate of drug-likeness (QED) is 0.364. The highest BCUT2D eigenvalue weighted by Crippen LogP contribution is 2.39. The zero-order valence-corrected chi connectivity index (χ0v) is 13.2. The third-order valence-electron chi connectivity index (χ3n) is 3.97. The van der Waals surface area contributed by atoms with E-state index >= 15 is 0 Å². The van der Waals surface area contributed by atoms with E-state index in [2.05, 4.69) is 0 Å². The van der Waals surface area contributed by atoms with Gasteiger partial charge in [0.1, 0.15) is 18.0 Å². The van der Waals surface area contributed by atoms with Crippen molar-refractivity contribution in [1.29, 1.82) is 0 Å². The van der Waals surface area contributed by atoms with Crippen LogP contribution in [0.1, 0.15) is 5.56 Å². The zero-order chi connectivity index (χ0) is 17.5. The summed E-state index contributed by atoms with van der Waals surface area (Å²) in [5, 5.41) is 10.3. The summed E-state index contributed by atoms with van der Waals surface area (Å²) in [5.74, 6) is -1.56. The number of nitrogens with zero attached hydrogens (tertiary/aromatic N) is 2. The molecule has 0 aliphatic carbocycles. The lowest BCUT2D eigenvalue weighted by Crippen LogP contribution is -2.73. The van der Waals surface area contributed by atoms with E-state index < -0.39 is 22.6 Å². The van der Waals surface area contributed by atoms with Crippen molar-refractivity contribution in [2.24, 2.45) is 5.73 Å². The molecule has 0 saturated carbocycles. The third-order valence-corrected chi connectivity index (χ3v) is 5.48. The molecule has 2 saturated heterocycles. The summed E-state index contributed by atoms with van der Waals surface area (Å²) >= 11 is 1.12. The monoisotopic (exact) mass is 355 g/mol. The van der Waals surface area contributed by atoms with Crippen molar-refractivity contribution < 1.29 is 23.6 Å². The standard InChI is InChI=1S/C14H14FN3O5S/c15-14(6-17-11(19)10(16)12(17)24-7-14)13(20)23-5-8-1-3-9(4-2-8)18(21)22/h1-4,10,12H,5-7,16H2/t10?,12-,14?/m1/s1. The molecule has 3 rings (SSSR count). The average Bonchev–Trinajstić information content (AvgIpc) is 2.59. The minimum atomic E-state index is -2.28. The van der Waals surface area contributed by atoms with Crippen LogP contribution in [-0.4, -0.2) is 51.1 Å². The fourth-order valence-electron chi connectivity index (χ4n) is 2.56. The van der Waals surface area contributed by atoms with Crippen LogP contribution in [0.15, 0.2) is 24.3 Å². The zero-order valence-electron chi connectivity index (χ0n) is 12.4. The van der Waals surface area contributed by atoms with Gasteiger partial charge in [-0.1, -0.05) is 0 Å². The number of nitro groups is 1. The molecule has 10 heteroatoms. The number of nitro benzene ring substituents is 1. The van der Waals surface area contributed by atoms with Crippen LogP contribution in [0.2, 0.25) is 0 Å². The van der Waals surface area contributed by atoms with Crippen molar-refractivity contribution in [3.8, 4) is 0 Å². The molecule has 2 aliphatic rings. The van der Waals surface area contributed by atoms with E-state index in [1.165, 1.54) is 29.2 Å². The molecular weight excluding hydrogens is 341 g/mol. The van der Waals surface area contributed by atoms with Gasteiger partial charge in [-0.3, -0.25) is 14.9 Å². The van der Waals surface area contributed by atoms with Crippen molar-refractivity contribution in [3.63, 3.8) is 0 Å². The first-order valence-electron chi connectivity index (χ1n) is 7.09. The summed E-state index contributed by atoms with van der Waals surface area (Å²) in [6.45, 7) is -0.569. The molecule has 3 atom stereocenters. The molecule has 2 heterocycles. The number of benzene rings is 1. The number of halogens is 1. The predicted molar refractivity (Wildman–Crippen MR) is 82.7 cm³/mol. The van der Waals surface area contributed by atoms with Gasteiger partial charge < -0.3 is 15.4 Å². The summed E-state index contributed by atoms with van der Waals surface area (Å²) in [6, 6.07) is 4.76. The number of ether oxygens (including phenoxy) is 1. The first-order chi connectivity index (χ1) is 11.3. The van der Waals surface area contributed by atoms with Crippen LogP contribution in [-0.2, 0) is 20.9 Å². The van der Waals surface area contributed by atoms with Crippen molar-refractivity contribution in [2.45, 2.75) is 23.7 Å². The molecule has 128 valence electrons. The van der Waals surface area contributed by atoms with Gasteiger partial charge in [0.25, 0.3) is 5.69 Å². The van der Waals surface area contributed by atoms with Crippen LogP contribution in [0.5, 0.6) is 0 Å². The lowest BCUT2D eigenvalue weighted by Gasteiger charge is -2.50. The Bertz CT molecular complexity index is 700. The van der Waals surface area contributed by atoms with Crippen molar-refractivity contribution in [1.82, 2.24) is 4.90 Å². The van der Waals surface area contributed by atoms with E-state index in [-0.39, 0.29) is 35.9 Å². The van der Waals surface area contributed by atoms with Crippen LogP contribution in [0, 0.1) is 10.1 Å². The molecule has 1 aromatic carbocycles. The number of hydrogen-bond donors (Lipinski definition) is 1. The van der Waals surface area contributed by atoms with Crippen molar-refractivity contribution in [3.05, 3.63) is 39.9 Å². The van der Waals surface area contributed by atoms with Gasteiger partial charge in [-0.05, 0) is 17.7 Å². The molecule has 2 aliphatic heterocycles. The fraction of sp³-hybridized carbons (Fsp3) is 0.429. The van der Waals surface area contributed by atoms with E-state index in [4.69, 9.17) is 10.5 Å². The number of alkyl halides is 1. The van der Waals surface area contributed by atoms with Gasteiger partial charge in [0, 0.05) is 17.9 Å². The molecule has 2 unspecified atom stereocenters. The molecule has 0 aromatic heterocycles. The largest absolute Gasteiger partial charge is 0.458 e. The van der Waals surface area contributed by atoms with Gasteiger partial charge >= 0.3 is 5.97 Å². The third kappa shape index (κ3) is 2.82. The van der Waals surface area contributed by atoms with Crippen LogP contribution < -0.4 is 5.73 Å². The summed E-state index contributed by atoms with van der Waals surface area (Å²) < 4.78 is 19.8. The highest BCUT2D eigenvalue weighted by Gasteiger charge is 2.56. The summed E-state index contributed by atoms with van der Waals surface area (Å²) in [4.78, 5) is 34.9. The maximum atomic E-state index is 14.8. The summed E-state index contributed by atoms with van der Waals surface area (Å²) in [5.41, 5.74) is 3.74. The van der Waals surface area contributed by atoms with Gasteiger partial charge in [-0.15, -0.1) is 11.8 Å². The van der Waals surface area contributed by atoms with E-state index in [1.807, 2.05) is 0 Å². The number of amides is 1. The first kappa shape index (κ1) is 16.7. The molecule has 0 radical (unpaired) electrons. The van der Waals surface area contributed by atoms with Gasteiger partial charge in [0.05, 0.1) is 11.5 Å². The number of carbonyl (C=O) groups excluding carboxylic acids is 2. The average molecular weight is 355 g/mol. The number of non-ortho nitro benzene ring substituents is 1. The maximum absolute atomic E-state index is 14.8. The summed E-state index contributed by atoms with van der Waals surface area (Å²) in [6.07, 6.45) is 0. The van der Waals surface area contributed by atoms with E-state index in [9.17, 15) is 24.1 Å². The molecule has 2 fully saturated rings. The van der Waals surface area contributed by atoms with E-state index in [0.717, 1.165) is 11.8 Å². The Balaban J connectivity index is 1.58. The Morgan fingerprint density at radius 1 is 1.50 bits per heavy atom. The Morgan fingerprint density at radius 3 is 2.79 bits per heavy atom. The number of nitrogens with two attached hydrogens (primary N) is 1. The minimum Gasteiger partial charge on any atom is -0.458 e. The molecule has 24 heavy (non-hydrogen) atoms. The number of β-lactam (4-membered cyclic amide) rings is 1. The normalized spacial score (nSPS) is 28.8. The van der Waals surface area contributed by atoms with Crippen LogP contribution >= 0.6 is 11.8 Å². The molecule has 8 nitrogen and oxygen atoms in total. The Labute approximate surface area is 140 Å². The van der Waals surface area contributed by atoms with Crippen molar-refractivity contribution in [2.75, 3.05) is 12.3 Å².